The average Bonchev–Trinajstić information content (AvgIpc) is 2.96. The highest BCUT2D eigenvalue weighted by molar-refractivity contribution is 5.90. The second-order valence-electron chi connectivity index (χ2n) is 10.2. The molecule has 0 aliphatic heterocycles. The summed E-state index contributed by atoms with van der Waals surface area (Å²) in [7, 11) is 3.31. The molecule has 236 valence electrons. The van der Waals surface area contributed by atoms with Crippen LogP contribution in [0.3, 0.4) is 0 Å². The van der Waals surface area contributed by atoms with Crippen LogP contribution in [0.1, 0.15) is 60.8 Å². The Morgan fingerprint density at radius 3 is 2.26 bits per heavy atom. The molecule has 9 heteroatoms. The van der Waals surface area contributed by atoms with Gasteiger partial charge in [0.15, 0.2) is 0 Å². The first kappa shape index (κ1) is 39.0. The third kappa shape index (κ3) is 15.7. The van der Waals surface area contributed by atoms with Crippen LogP contribution in [-0.2, 0) is 14.4 Å². The van der Waals surface area contributed by atoms with Gasteiger partial charge in [0.2, 0.25) is 17.7 Å². The fourth-order valence-electron chi connectivity index (χ4n) is 3.92. The van der Waals surface area contributed by atoms with Crippen LogP contribution in [0.25, 0.3) is 0 Å². The quantitative estimate of drug-likeness (QED) is 0.227. The molecule has 0 saturated carbocycles. The third-order valence-electron chi connectivity index (χ3n) is 6.37. The number of likely N-dealkylation sites (N-methyl/N-ethyl adjacent to an activating group) is 2. The Kier molecular flexibility index (Phi) is 18.8. The standard InChI is InChI=1S/C26H38N4O3.C6H4F2.C2H6/c1-8-10-11-12-13-19(3)28-23(31)17-21-16-22(15-14-20(21)9-2)29-24(32)18-30(7)25(33)26(4,5)27-6;7-5-2-1-3-6(8)4-5;1-2/h1,11-16,20-21,27H,9-10,17-18H2,2-7H3,(H,28,31)(H,29,32);1-4H;1-2H3/b12-11-,19-13+;;. The third-order valence-corrected chi connectivity index (χ3v) is 6.37. The first-order valence-electron chi connectivity index (χ1n) is 14.4. The molecule has 1 aliphatic rings. The van der Waals surface area contributed by atoms with E-state index >= 15 is 0 Å². The van der Waals surface area contributed by atoms with Crippen LogP contribution in [0.15, 0.2) is 72.1 Å². The Balaban J connectivity index is 0.00000149. The normalized spacial score (nSPS) is 16.0. The molecule has 0 spiro atoms. The summed E-state index contributed by atoms with van der Waals surface area (Å²) in [5.74, 6) is 1.06. The van der Waals surface area contributed by atoms with Crippen LogP contribution in [0.4, 0.5) is 8.78 Å². The molecule has 2 atom stereocenters. The topological polar surface area (TPSA) is 90.5 Å². The molecule has 1 aliphatic carbocycles. The smallest absolute Gasteiger partial charge is 0.243 e. The van der Waals surface area contributed by atoms with E-state index in [1.54, 1.807) is 27.9 Å². The van der Waals surface area contributed by atoms with E-state index in [4.69, 9.17) is 6.42 Å². The number of nitrogens with zero attached hydrogens (tertiary/aromatic N) is 1. The highest BCUT2D eigenvalue weighted by Crippen LogP contribution is 2.27. The molecule has 2 rings (SSSR count). The molecule has 3 amide bonds. The summed E-state index contributed by atoms with van der Waals surface area (Å²) in [6, 6.07) is 4.55. The molecule has 7 nitrogen and oxygen atoms in total. The fraction of sp³-hybridized carbons (Fsp3) is 0.441. The van der Waals surface area contributed by atoms with Gasteiger partial charge in [0.1, 0.15) is 11.6 Å². The van der Waals surface area contributed by atoms with Crippen molar-refractivity contribution >= 4 is 17.7 Å². The van der Waals surface area contributed by atoms with Gasteiger partial charge in [-0.15, -0.1) is 12.3 Å². The van der Waals surface area contributed by atoms with Crippen molar-refractivity contribution in [2.24, 2.45) is 11.8 Å². The number of allylic oxidation sites excluding steroid dienone is 7. The Labute approximate surface area is 256 Å². The summed E-state index contributed by atoms with van der Waals surface area (Å²) in [5.41, 5.74) is 0.623. The summed E-state index contributed by atoms with van der Waals surface area (Å²) >= 11 is 0. The molecule has 0 fully saturated rings. The number of hydrogen-bond acceptors (Lipinski definition) is 4. The van der Waals surface area contributed by atoms with Gasteiger partial charge in [-0.3, -0.25) is 14.4 Å². The molecule has 0 heterocycles. The Morgan fingerprint density at radius 1 is 1.12 bits per heavy atom. The van der Waals surface area contributed by atoms with Crippen LogP contribution < -0.4 is 16.0 Å². The van der Waals surface area contributed by atoms with Crippen molar-refractivity contribution in [1.29, 1.82) is 0 Å². The summed E-state index contributed by atoms with van der Waals surface area (Å²) in [6.45, 7) is 11.4. The van der Waals surface area contributed by atoms with Gasteiger partial charge in [-0.2, -0.15) is 0 Å². The van der Waals surface area contributed by atoms with Gasteiger partial charge in [0.25, 0.3) is 0 Å². The number of benzene rings is 1. The Hall–Kier alpha value is -4.03. The predicted molar refractivity (Wildman–Crippen MR) is 170 cm³/mol. The summed E-state index contributed by atoms with van der Waals surface area (Å²) < 4.78 is 23.9. The van der Waals surface area contributed by atoms with Crippen LogP contribution in [0.2, 0.25) is 0 Å². The largest absolute Gasteiger partial charge is 0.335 e. The lowest BCUT2D eigenvalue weighted by Gasteiger charge is -2.29. The zero-order valence-electron chi connectivity index (χ0n) is 26.8. The summed E-state index contributed by atoms with van der Waals surface area (Å²) in [6.07, 6.45) is 18.2. The molecule has 1 aromatic carbocycles. The zero-order chi connectivity index (χ0) is 33.0. The van der Waals surface area contributed by atoms with Crippen molar-refractivity contribution in [3.63, 3.8) is 0 Å². The number of nitrogens with one attached hydrogen (secondary N) is 3. The number of rotatable bonds is 11. The maximum atomic E-state index is 12.5. The van der Waals surface area contributed by atoms with Crippen molar-refractivity contribution in [3.8, 4) is 12.3 Å². The summed E-state index contributed by atoms with van der Waals surface area (Å²) in [5, 5.41) is 8.69. The number of carbonyl (C=O) groups excluding carboxylic acids is 3. The molecule has 0 radical (unpaired) electrons. The van der Waals surface area contributed by atoms with E-state index in [2.05, 4.69) is 28.8 Å². The molecule has 0 saturated heterocycles. The molecule has 0 aromatic heterocycles. The molecule has 0 bridgehead atoms. The monoisotopic (exact) mass is 598 g/mol. The summed E-state index contributed by atoms with van der Waals surface area (Å²) in [4.78, 5) is 38.9. The number of carbonyl (C=O) groups is 3. The molecular formula is C34H48F2N4O3. The highest BCUT2D eigenvalue weighted by Gasteiger charge is 2.29. The minimum Gasteiger partial charge on any atom is -0.335 e. The van der Waals surface area contributed by atoms with Crippen LogP contribution >= 0.6 is 0 Å². The lowest BCUT2D eigenvalue weighted by atomic mass is 9.83. The maximum absolute atomic E-state index is 12.5. The minimum atomic E-state index is -0.754. The maximum Gasteiger partial charge on any atom is 0.243 e. The van der Waals surface area contributed by atoms with E-state index in [0.29, 0.717) is 18.5 Å². The van der Waals surface area contributed by atoms with E-state index in [9.17, 15) is 23.2 Å². The van der Waals surface area contributed by atoms with E-state index in [1.807, 2.05) is 57.2 Å². The average molecular weight is 599 g/mol. The number of amides is 3. The van der Waals surface area contributed by atoms with E-state index in [0.717, 1.165) is 18.2 Å². The first-order chi connectivity index (χ1) is 20.3. The van der Waals surface area contributed by atoms with Gasteiger partial charge in [0.05, 0.1) is 12.1 Å². The van der Waals surface area contributed by atoms with Crippen LogP contribution in [0.5, 0.6) is 0 Å². The SMILES string of the molecule is C#CC/C=C\C=C(/C)NC(=O)CC1C=C(NC(=O)CN(C)C(=O)C(C)(C)NC)C=CC1CC.CC.Fc1cccc(F)c1. The zero-order valence-corrected chi connectivity index (χ0v) is 26.8. The predicted octanol–water partition coefficient (Wildman–Crippen LogP) is 5.64. The second-order valence-corrected chi connectivity index (χ2v) is 10.2. The fourth-order valence-corrected chi connectivity index (χ4v) is 3.92. The van der Waals surface area contributed by atoms with Gasteiger partial charge >= 0.3 is 0 Å². The van der Waals surface area contributed by atoms with E-state index < -0.39 is 17.2 Å². The molecule has 2 unspecified atom stereocenters. The Bertz CT molecular complexity index is 1190. The number of terminal acetylenes is 1. The first-order valence-corrected chi connectivity index (χ1v) is 14.4. The molecular weight excluding hydrogens is 550 g/mol. The second kappa shape index (κ2) is 20.8. The number of halogens is 2. The lowest BCUT2D eigenvalue weighted by molar-refractivity contribution is -0.138. The molecule has 43 heavy (non-hydrogen) atoms. The Morgan fingerprint density at radius 2 is 1.74 bits per heavy atom. The van der Waals surface area contributed by atoms with Crippen molar-refractivity contribution in [3.05, 3.63) is 83.8 Å². The van der Waals surface area contributed by atoms with Crippen molar-refractivity contribution in [2.75, 3.05) is 20.6 Å². The molecule has 1 aromatic rings. The van der Waals surface area contributed by atoms with Gasteiger partial charge < -0.3 is 20.9 Å². The van der Waals surface area contributed by atoms with Gasteiger partial charge in [-0.1, -0.05) is 51.1 Å². The minimum absolute atomic E-state index is 0.0392. The van der Waals surface area contributed by atoms with E-state index in [1.165, 1.54) is 23.1 Å². The van der Waals surface area contributed by atoms with Crippen molar-refractivity contribution in [2.45, 2.75) is 66.3 Å². The van der Waals surface area contributed by atoms with E-state index in [-0.39, 0.29) is 36.1 Å². The van der Waals surface area contributed by atoms with Gasteiger partial charge in [-0.05, 0) is 70.4 Å². The van der Waals surface area contributed by atoms with Gasteiger partial charge in [0, 0.05) is 37.3 Å². The molecule has 3 N–H and O–H groups in total. The van der Waals surface area contributed by atoms with Crippen LogP contribution in [0, 0.1) is 35.8 Å². The van der Waals surface area contributed by atoms with Crippen molar-refractivity contribution < 1.29 is 23.2 Å². The number of hydrogen-bond donors (Lipinski definition) is 3. The van der Waals surface area contributed by atoms with Crippen LogP contribution in [-0.4, -0.2) is 48.8 Å². The van der Waals surface area contributed by atoms with Gasteiger partial charge in [-0.25, -0.2) is 8.78 Å². The van der Waals surface area contributed by atoms with Crippen molar-refractivity contribution in [1.82, 2.24) is 20.9 Å². The lowest BCUT2D eigenvalue weighted by Crippen LogP contribution is -2.53. The highest BCUT2D eigenvalue weighted by atomic mass is 19.1.